The van der Waals surface area contributed by atoms with Crippen molar-refractivity contribution in [3.8, 4) is 5.75 Å². The van der Waals surface area contributed by atoms with Crippen molar-refractivity contribution in [2.24, 2.45) is 9.98 Å². The van der Waals surface area contributed by atoms with Gasteiger partial charge >= 0.3 is 0 Å². The molecule has 0 radical (unpaired) electrons. The Morgan fingerprint density at radius 3 is 2.92 bits per heavy atom. The quantitative estimate of drug-likeness (QED) is 0.854. The first-order valence-electron chi connectivity index (χ1n) is 8.22. The number of benzene rings is 1. The molecule has 25 heavy (non-hydrogen) atoms. The number of carbonyl (C=O) groups is 1. The molecule has 0 bridgehead atoms. The molecule has 0 aliphatic carbocycles. The van der Waals surface area contributed by atoms with E-state index in [2.05, 4.69) is 15.0 Å². The van der Waals surface area contributed by atoms with E-state index in [9.17, 15) is 4.79 Å². The van der Waals surface area contributed by atoms with Crippen LogP contribution in [0.4, 0.5) is 0 Å². The maximum Gasteiger partial charge on any atom is 0.291 e. The largest absolute Gasteiger partial charge is 0.484 e. The number of ether oxygens (including phenoxy) is 1. The third-order valence-electron chi connectivity index (χ3n) is 4.11. The second-order valence-corrected chi connectivity index (χ2v) is 6.04. The van der Waals surface area contributed by atoms with Gasteiger partial charge in [-0.15, -0.1) is 0 Å². The number of hydrogen-bond donors (Lipinski definition) is 0. The van der Waals surface area contributed by atoms with E-state index in [-0.39, 0.29) is 18.3 Å². The summed E-state index contributed by atoms with van der Waals surface area (Å²) >= 11 is 0. The molecule has 0 fully saturated rings. The molecule has 1 amide bonds. The predicted molar refractivity (Wildman–Crippen MR) is 91.8 cm³/mol. The number of amides is 1. The number of carbonyl (C=O) groups excluding carboxylic acids is 1. The number of fused-ring (bicyclic) bond motifs is 1. The monoisotopic (exact) mass is 338 g/mol. The van der Waals surface area contributed by atoms with Crippen molar-refractivity contribution in [3.63, 3.8) is 0 Å². The fraction of sp³-hybridized carbons (Fsp3) is 0.333. The second-order valence-electron chi connectivity index (χ2n) is 6.04. The number of para-hydroxylation sites is 1. The first-order valence-corrected chi connectivity index (χ1v) is 8.22. The second kappa shape index (κ2) is 6.51. The molecular weight excluding hydrogens is 320 g/mol. The van der Waals surface area contributed by atoms with E-state index < -0.39 is 0 Å². The molecule has 1 aromatic heterocycles. The summed E-state index contributed by atoms with van der Waals surface area (Å²) in [5.41, 5.74) is 1.75. The highest BCUT2D eigenvalue weighted by Crippen LogP contribution is 2.21. The topological polar surface area (TPSA) is 80.3 Å². The summed E-state index contributed by atoms with van der Waals surface area (Å²) in [6, 6.07) is 9.52. The van der Waals surface area contributed by atoms with Crippen LogP contribution in [0.3, 0.4) is 0 Å². The number of rotatable bonds is 4. The number of nitrogens with zero attached hydrogens (tertiary/aromatic N) is 4. The molecule has 0 saturated carbocycles. The van der Waals surface area contributed by atoms with Gasteiger partial charge in [0.25, 0.3) is 5.91 Å². The molecule has 2 aromatic rings. The van der Waals surface area contributed by atoms with Crippen LogP contribution < -0.4 is 4.74 Å². The molecule has 1 aromatic carbocycles. The van der Waals surface area contributed by atoms with Gasteiger partial charge in [-0.3, -0.25) is 9.79 Å². The van der Waals surface area contributed by atoms with Crippen molar-refractivity contribution in [1.29, 1.82) is 0 Å². The van der Waals surface area contributed by atoms with Gasteiger partial charge in [0.05, 0.1) is 18.8 Å². The Kier molecular flexibility index (Phi) is 4.05. The summed E-state index contributed by atoms with van der Waals surface area (Å²) in [5.74, 6) is 2.14. The van der Waals surface area contributed by atoms with Crippen LogP contribution in [0.5, 0.6) is 5.75 Å². The fourth-order valence-corrected chi connectivity index (χ4v) is 2.84. The van der Waals surface area contributed by atoms with Gasteiger partial charge in [-0.05, 0) is 19.1 Å². The number of hydrogen-bond acceptors (Lipinski definition) is 6. The molecular formula is C18H18N4O3. The van der Waals surface area contributed by atoms with E-state index in [1.54, 1.807) is 4.90 Å². The van der Waals surface area contributed by atoms with E-state index in [1.165, 1.54) is 0 Å². The van der Waals surface area contributed by atoms with Gasteiger partial charge in [0.1, 0.15) is 11.5 Å². The standard InChI is InChI=1S/C18H18N4O3/c1-12-9-19-17(20-12)18(23)22-8-7-14-15(10-22)25-16(21-14)11-24-13-5-3-2-4-6-13/h2-6H,7-11H2,1H3. The van der Waals surface area contributed by atoms with Gasteiger partial charge in [0, 0.05) is 18.7 Å². The summed E-state index contributed by atoms with van der Waals surface area (Å²) in [4.78, 5) is 27.0. The van der Waals surface area contributed by atoms with Crippen LogP contribution in [-0.2, 0) is 24.4 Å². The van der Waals surface area contributed by atoms with Crippen molar-refractivity contribution >= 4 is 17.5 Å². The number of aromatic nitrogens is 1. The van der Waals surface area contributed by atoms with E-state index in [0.717, 1.165) is 17.2 Å². The number of amidine groups is 1. The van der Waals surface area contributed by atoms with Crippen LogP contribution in [0.1, 0.15) is 24.3 Å². The lowest BCUT2D eigenvalue weighted by atomic mass is 10.1. The SMILES string of the molecule is CC1=NC(C(=O)N2CCc3nc(COc4ccccc4)oc3C2)=NC1. The normalized spacial score (nSPS) is 16.3. The molecule has 2 aliphatic heterocycles. The first-order chi connectivity index (χ1) is 12.2. The molecule has 7 nitrogen and oxygen atoms in total. The van der Waals surface area contributed by atoms with Crippen molar-refractivity contribution < 1.29 is 13.9 Å². The summed E-state index contributed by atoms with van der Waals surface area (Å²) < 4.78 is 11.4. The fourth-order valence-electron chi connectivity index (χ4n) is 2.84. The molecule has 7 heteroatoms. The highest BCUT2D eigenvalue weighted by Gasteiger charge is 2.29. The Balaban J connectivity index is 1.42. The minimum atomic E-state index is -0.152. The van der Waals surface area contributed by atoms with Crippen molar-refractivity contribution in [2.45, 2.75) is 26.5 Å². The van der Waals surface area contributed by atoms with Crippen molar-refractivity contribution in [3.05, 3.63) is 47.7 Å². The maximum atomic E-state index is 12.5. The lowest BCUT2D eigenvalue weighted by molar-refractivity contribution is -0.125. The highest BCUT2D eigenvalue weighted by atomic mass is 16.5. The zero-order chi connectivity index (χ0) is 17.2. The Labute approximate surface area is 145 Å². The Morgan fingerprint density at radius 2 is 2.16 bits per heavy atom. The van der Waals surface area contributed by atoms with Crippen LogP contribution in [0.2, 0.25) is 0 Å². The molecule has 0 unspecified atom stereocenters. The molecule has 128 valence electrons. The lowest BCUT2D eigenvalue weighted by Gasteiger charge is -2.24. The van der Waals surface area contributed by atoms with E-state index in [4.69, 9.17) is 9.15 Å². The van der Waals surface area contributed by atoms with Gasteiger partial charge in [-0.2, -0.15) is 0 Å². The smallest absolute Gasteiger partial charge is 0.291 e. The predicted octanol–water partition coefficient (Wildman–Crippen LogP) is 2.01. The summed E-state index contributed by atoms with van der Waals surface area (Å²) in [7, 11) is 0. The van der Waals surface area contributed by atoms with Crippen LogP contribution in [0, 0.1) is 0 Å². The van der Waals surface area contributed by atoms with E-state index >= 15 is 0 Å². The van der Waals surface area contributed by atoms with Crippen molar-refractivity contribution in [2.75, 3.05) is 13.1 Å². The zero-order valence-electron chi connectivity index (χ0n) is 13.9. The van der Waals surface area contributed by atoms with Crippen molar-refractivity contribution in [1.82, 2.24) is 9.88 Å². The number of oxazole rings is 1. The Morgan fingerprint density at radius 1 is 1.32 bits per heavy atom. The van der Waals surface area contributed by atoms with Gasteiger partial charge < -0.3 is 14.1 Å². The zero-order valence-corrected chi connectivity index (χ0v) is 13.9. The Bertz CT molecular complexity index is 854. The molecule has 0 atom stereocenters. The number of aliphatic imine (C=N–C) groups is 2. The summed E-state index contributed by atoms with van der Waals surface area (Å²) in [6.07, 6.45) is 0.659. The molecule has 0 saturated heterocycles. The van der Waals surface area contributed by atoms with Crippen LogP contribution >= 0.6 is 0 Å². The Hall–Kier alpha value is -2.96. The molecule has 2 aliphatic rings. The minimum Gasteiger partial charge on any atom is -0.484 e. The maximum absolute atomic E-state index is 12.5. The van der Waals surface area contributed by atoms with Gasteiger partial charge in [-0.25, -0.2) is 9.98 Å². The average molecular weight is 338 g/mol. The molecule has 3 heterocycles. The third kappa shape index (κ3) is 3.31. The first kappa shape index (κ1) is 15.6. The van der Waals surface area contributed by atoms with Gasteiger partial charge in [0.15, 0.2) is 6.61 Å². The third-order valence-corrected chi connectivity index (χ3v) is 4.11. The van der Waals surface area contributed by atoms with E-state index in [0.29, 0.717) is 37.7 Å². The van der Waals surface area contributed by atoms with Crippen LogP contribution in [0.15, 0.2) is 44.7 Å². The molecule has 4 rings (SSSR count). The minimum absolute atomic E-state index is 0.152. The summed E-state index contributed by atoms with van der Waals surface area (Å²) in [6.45, 7) is 3.61. The van der Waals surface area contributed by atoms with E-state index in [1.807, 2.05) is 37.3 Å². The van der Waals surface area contributed by atoms with Gasteiger partial charge in [-0.1, -0.05) is 18.2 Å². The summed E-state index contributed by atoms with van der Waals surface area (Å²) in [5, 5.41) is 0. The van der Waals surface area contributed by atoms with Gasteiger partial charge in [0.2, 0.25) is 11.7 Å². The van der Waals surface area contributed by atoms with Crippen LogP contribution in [-0.4, -0.2) is 40.4 Å². The lowest BCUT2D eigenvalue weighted by Crippen LogP contribution is -2.39. The average Bonchev–Trinajstić information content (AvgIpc) is 3.25. The molecule has 0 spiro atoms. The van der Waals surface area contributed by atoms with Crippen LogP contribution in [0.25, 0.3) is 0 Å². The highest BCUT2D eigenvalue weighted by molar-refractivity contribution is 6.41. The molecule has 0 N–H and O–H groups in total.